The fraction of sp³-hybridized carbons (Fsp3) is 0.0909. The predicted octanol–water partition coefficient (Wildman–Crippen LogP) is 4.38. The van der Waals surface area contributed by atoms with Gasteiger partial charge in [-0.3, -0.25) is 4.90 Å². The monoisotopic (exact) mass is 373 g/mol. The van der Waals surface area contributed by atoms with Crippen molar-refractivity contribution in [3.8, 4) is 5.75 Å². The zero-order valence-electron chi connectivity index (χ0n) is 15.1. The molecule has 1 heterocycles. The summed E-state index contributed by atoms with van der Waals surface area (Å²) < 4.78 is 5.79. The molecule has 1 fully saturated rings. The molecule has 6 nitrogen and oxygen atoms in total. The van der Waals surface area contributed by atoms with Crippen LogP contribution in [0.5, 0.6) is 5.75 Å². The lowest BCUT2D eigenvalue weighted by Crippen LogP contribution is -2.60. The maximum absolute atomic E-state index is 12.9. The van der Waals surface area contributed by atoms with Gasteiger partial charge in [0.15, 0.2) is 0 Å². The van der Waals surface area contributed by atoms with Crippen molar-refractivity contribution in [3.63, 3.8) is 0 Å². The van der Waals surface area contributed by atoms with Crippen LogP contribution in [0.4, 0.5) is 21.0 Å². The molecular formula is C22H19N3O3. The minimum atomic E-state index is -0.435. The largest absolute Gasteiger partial charge is 0.489 e. The first-order valence-electron chi connectivity index (χ1n) is 8.94. The number of ether oxygens (including phenoxy) is 1. The smallest absolute Gasteiger partial charge is 0.338 e. The van der Waals surface area contributed by atoms with Crippen LogP contribution in [-0.2, 0) is 6.61 Å². The second-order valence-electron chi connectivity index (χ2n) is 6.29. The molecule has 28 heavy (non-hydrogen) atoms. The Bertz CT molecular complexity index is 959. The van der Waals surface area contributed by atoms with Crippen molar-refractivity contribution in [2.24, 2.45) is 0 Å². The summed E-state index contributed by atoms with van der Waals surface area (Å²) in [7, 11) is 0. The summed E-state index contributed by atoms with van der Waals surface area (Å²) in [4.78, 5) is 27.7. The molecule has 3 aromatic carbocycles. The van der Waals surface area contributed by atoms with E-state index in [0.717, 1.165) is 10.5 Å². The summed E-state index contributed by atoms with van der Waals surface area (Å²) in [5.74, 6) is 0.709. The van der Waals surface area contributed by atoms with Crippen molar-refractivity contribution in [1.29, 1.82) is 0 Å². The van der Waals surface area contributed by atoms with Gasteiger partial charge in [0.05, 0.1) is 5.69 Å². The number of carbonyl (C=O) groups excluding carboxylic acids is 2. The van der Waals surface area contributed by atoms with Crippen LogP contribution < -0.4 is 19.9 Å². The molecule has 6 heteroatoms. The summed E-state index contributed by atoms with van der Waals surface area (Å²) in [6.07, 6.45) is 0. The highest BCUT2D eigenvalue weighted by Gasteiger charge is 2.33. The van der Waals surface area contributed by atoms with E-state index in [9.17, 15) is 9.59 Å². The van der Waals surface area contributed by atoms with Gasteiger partial charge in [-0.1, -0.05) is 48.5 Å². The first-order chi connectivity index (χ1) is 13.7. The molecule has 0 aromatic heterocycles. The first kappa shape index (κ1) is 17.6. The third-order valence-corrected chi connectivity index (χ3v) is 4.42. The summed E-state index contributed by atoms with van der Waals surface area (Å²) in [5.41, 5.74) is 2.29. The highest BCUT2D eigenvalue weighted by molar-refractivity contribution is 6.20. The third kappa shape index (κ3) is 3.66. The lowest BCUT2D eigenvalue weighted by Gasteiger charge is -2.34. The Labute approximate surface area is 163 Å². The van der Waals surface area contributed by atoms with Crippen molar-refractivity contribution < 1.29 is 14.3 Å². The molecule has 0 spiro atoms. The van der Waals surface area contributed by atoms with Crippen molar-refractivity contribution in [2.45, 2.75) is 6.61 Å². The number of urea groups is 2. The Morgan fingerprint density at radius 2 is 1.43 bits per heavy atom. The number of imide groups is 1. The Kier molecular flexibility index (Phi) is 4.93. The second-order valence-corrected chi connectivity index (χ2v) is 6.29. The molecule has 1 aliphatic heterocycles. The van der Waals surface area contributed by atoms with Crippen molar-refractivity contribution in [3.05, 3.63) is 90.5 Å². The van der Waals surface area contributed by atoms with Crippen LogP contribution >= 0.6 is 0 Å². The van der Waals surface area contributed by atoms with E-state index in [2.05, 4.69) is 5.32 Å². The first-order valence-corrected chi connectivity index (χ1v) is 8.94. The fourth-order valence-corrected chi connectivity index (χ4v) is 2.97. The van der Waals surface area contributed by atoms with Gasteiger partial charge in [-0.2, -0.15) is 0 Å². The van der Waals surface area contributed by atoms with Crippen LogP contribution in [0, 0.1) is 0 Å². The van der Waals surface area contributed by atoms with E-state index in [1.165, 1.54) is 4.90 Å². The second kappa shape index (κ2) is 7.84. The normalized spacial score (nSPS) is 14.0. The number of nitrogens with zero attached hydrogens (tertiary/aromatic N) is 2. The van der Waals surface area contributed by atoms with Crippen LogP contribution in [0.1, 0.15) is 5.56 Å². The van der Waals surface area contributed by atoms with Crippen LogP contribution in [0.3, 0.4) is 0 Å². The lowest BCUT2D eigenvalue weighted by atomic mass is 10.2. The van der Waals surface area contributed by atoms with Crippen LogP contribution in [0.2, 0.25) is 0 Å². The minimum absolute atomic E-state index is 0.116. The third-order valence-electron chi connectivity index (χ3n) is 4.42. The zero-order chi connectivity index (χ0) is 19.3. The molecule has 0 bridgehead atoms. The lowest BCUT2D eigenvalue weighted by molar-refractivity contribution is 0.231. The van der Waals surface area contributed by atoms with Crippen LogP contribution in [0.15, 0.2) is 84.9 Å². The molecule has 4 amide bonds. The van der Waals surface area contributed by atoms with E-state index in [1.54, 1.807) is 36.4 Å². The van der Waals surface area contributed by atoms with Gasteiger partial charge >= 0.3 is 12.1 Å². The summed E-state index contributed by atoms with van der Waals surface area (Å²) in [6.45, 7) is 0.589. The number of para-hydroxylation sites is 1. The highest BCUT2D eigenvalue weighted by Crippen LogP contribution is 2.25. The van der Waals surface area contributed by atoms with Crippen LogP contribution in [0.25, 0.3) is 0 Å². The minimum Gasteiger partial charge on any atom is -0.489 e. The molecule has 0 unspecified atom stereocenters. The maximum atomic E-state index is 12.9. The quantitative estimate of drug-likeness (QED) is 0.722. The van der Waals surface area contributed by atoms with Gasteiger partial charge in [0.2, 0.25) is 0 Å². The molecule has 140 valence electrons. The topological polar surface area (TPSA) is 61.9 Å². The highest BCUT2D eigenvalue weighted by atomic mass is 16.5. The van der Waals surface area contributed by atoms with Crippen molar-refractivity contribution >= 4 is 23.4 Å². The number of carbonyl (C=O) groups is 2. The van der Waals surface area contributed by atoms with E-state index < -0.39 is 12.1 Å². The SMILES string of the molecule is O=C1NCN(c2ccc(OCc3ccccc3)cc2)C(=O)N1c1ccccc1. The molecule has 0 radical (unpaired) electrons. The molecule has 1 aliphatic rings. The molecule has 0 aliphatic carbocycles. The number of anilines is 2. The van der Waals surface area contributed by atoms with E-state index >= 15 is 0 Å². The molecule has 1 N–H and O–H groups in total. The van der Waals surface area contributed by atoms with Gasteiger partial charge in [-0.25, -0.2) is 14.5 Å². The van der Waals surface area contributed by atoms with Gasteiger partial charge in [-0.15, -0.1) is 0 Å². The zero-order valence-corrected chi connectivity index (χ0v) is 15.1. The number of benzene rings is 3. The Morgan fingerprint density at radius 1 is 0.786 bits per heavy atom. The van der Waals surface area contributed by atoms with Crippen molar-refractivity contribution in [1.82, 2.24) is 5.32 Å². The summed E-state index contributed by atoms with van der Waals surface area (Å²) in [6, 6.07) is 25.2. The van der Waals surface area contributed by atoms with Gasteiger partial charge in [0, 0.05) is 5.69 Å². The van der Waals surface area contributed by atoms with Gasteiger partial charge in [0.1, 0.15) is 19.0 Å². The van der Waals surface area contributed by atoms with Crippen molar-refractivity contribution in [2.75, 3.05) is 16.5 Å². The Morgan fingerprint density at radius 3 is 2.11 bits per heavy atom. The summed E-state index contributed by atoms with van der Waals surface area (Å²) in [5, 5.41) is 2.73. The van der Waals surface area contributed by atoms with Gasteiger partial charge < -0.3 is 10.1 Å². The molecule has 0 saturated carbocycles. The maximum Gasteiger partial charge on any atom is 0.338 e. The summed E-state index contributed by atoms with van der Waals surface area (Å²) >= 11 is 0. The van der Waals surface area contributed by atoms with E-state index in [0.29, 0.717) is 23.7 Å². The Balaban J connectivity index is 1.47. The average Bonchev–Trinajstić information content (AvgIpc) is 2.74. The molecule has 0 atom stereocenters. The van der Waals surface area contributed by atoms with Gasteiger partial charge in [-0.05, 0) is 42.0 Å². The predicted molar refractivity (Wildman–Crippen MR) is 107 cm³/mol. The number of rotatable bonds is 5. The molecule has 4 rings (SSSR count). The van der Waals surface area contributed by atoms with Crippen LogP contribution in [-0.4, -0.2) is 18.7 Å². The number of hydrogen-bond donors (Lipinski definition) is 1. The molecular weight excluding hydrogens is 354 g/mol. The average molecular weight is 373 g/mol. The van der Waals surface area contributed by atoms with E-state index in [-0.39, 0.29) is 6.67 Å². The molecule has 1 saturated heterocycles. The molecule has 3 aromatic rings. The number of amides is 4. The van der Waals surface area contributed by atoms with E-state index in [4.69, 9.17) is 4.74 Å². The fourth-order valence-electron chi connectivity index (χ4n) is 2.97. The standard InChI is InChI=1S/C22H19N3O3/c26-21-23-16-24(22(27)25(21)19-9-5-2-6-10-19)18-11-13-20(14-12-18)28-15-17-7-3-1-4-8-17/h1-14H,15-16H2,(H,23,26). The van der Waals surface area contributed by atoms with E-state index in [1.807, 2.05) is 48.5 Å². The Hall–Kier alpha value is -3.80. The number of hydrogen-bond acceptors (Lipinski definition) is 3. The van der Waals surface area contributed by atoms with Gasteiger partial charge in [0.25, 0.3) is 0 Å². The number of nitrogens with one attached hydrogen (secondary N) is 1.